The van der Waals surface area contributed by atoms with Gasteiger partial charge in [0, 0.05) is 38.1 Å². The maximum atomic E-state index is 12.9. The Morgan fingerprint density at radius 3 is 2.16 bits per heavy atom. The molecule has 2 heterocycles. The average molecular weight is 432 g/mol. The molecule has 0 unspecified atom stereocenters. The number of hydrogen-bond donors (Lipinski definition) is 1. The van der Waals surface area contributed by atoms with Crippen LogP contribution in [-0.2, 0) is 4.79 Å². The van der Waals surface area contributed by atoms with Gasteiger partial charge in [-0.15, -0.1) is 0 Å². The van der Waals surface area contributed by atoms with Gasteiger partial charge >= 0.3 is 0 Å². The SMILES string of the molecule is N#C/C(=C/NC1=NCCS1)C(=O)N1CCN(C(c2ccccc2)c2ccccc2)CC1. The number of thioether (sulfide) groups is 1. The molecule has 31 heavy (non-hydrogen) atoms. The number of carbonyl (C=O) groups is 1. The van der Waals surface area contributed by atoms with E-state index in [4.69, 9.17) is 0 Å². The molecular weight excluding hydrogens is 406 g/mol. The summed E-state index contributed by atoms with van der Waals surface area (Å²) in [4.78, 5) is 21.3. The van der Waals surface area contributed by atoms with Crippen LogP contribution in [0.3, 0.4) is 0 Å². The van der Waals surface area contributed by atoms with Crippen molar-refractivity contribution in [2.75, 3.05) is 38.5 Å². The summed E-state index contributed by atoms with van der Waals surface area (Å²) in [6.07, 6.45) is 1.49. The number of nitriles is 1. The summed E-state index contributed by atoms with van der Waals surface area (Å²) in [6.45, 7) is 3.43. The van der Waals surface area contributed by atoms with Crippen LogP contribution in [0.25, 0.3) is 0 Å². The summed E-state index contributed by atoms with van der Waals surface area (Å²) in [6, 6.07) is 23.1. The van der Waals surface area contributed by atoms with Crippen molar-refractivity contribution >= 4 is 22.8 Å². The molecule has 158 valence electrons. The highest BCUT2D eigenvalue weighted by molar-refractivity contribution is 8.14. The lowest BCUT2D eigenvalue weighted by Gasteiger charge is -2.39. The van der Waals surface area contributed by atoms with Gasteiger partial charge in [-0.05, 0) is 11.1 Å². The number of piperazine rings is 1. The zero-order valence-electron chi connectivity index (χ0n) is 17.3. The van der Waals surface area contributed by atoms with E-state index in [1.54, 1.807) is 16.7 Å². The van der Waals surface area contributed by atoms with Gasteiger partial charge in [-0.2, -0.15) is 5.26 Å². The second-order valence-electron chi connectivity index (χ2n) is 7.40. The van der Waals surface area contributed by atoms with Crippen LogP contribution in [0.5, 0.6) is 0 Å². The predicted octanol–water partition coefficient (Wildman–Crippen LogP) is 3.02. The smallest absolute Gasteiger partial charge is 0.266 e. The number of carbonyl (C=O) groups excluding carboxylic acids is 1. The van der Waals surface area contributed by atoms with E-state index in [0.717, 1.165) is 30.6 Å². The summed E-state index contributed by atoms with van der Waals surface area (Å²) in [5.41, 5.74) is 2.60. The lowest BCUT2D eigenvalue weighted by molar-refractivity contribution is -0.128. The largest absolute Gasteiger partial charge is 0.340 e. The molecule has 4 rings (SSSR count). The molecule has 1 N–H and O–H groups in total. The molecule has 1 amide bonds. The van der Waals surface area contributed by atoms with Crippen molar-refractivity contribution in [1.82, 2.24) is 15.1 Å². The van der Waals surface area contributed by atoms with Gasteiger partial charge in [-0.3, -0.25) is 14.7 Å². The van der Waals surface area contributed by atoms with Gasteiger partial charge in [0.25, 0.3) is 5.91 Å². The van der Waals surface area contributed by atoms with Crippen molar-refractivity contribution in [3.05, 3.63) is 83.6 Å². The molecule has 2 aromatic carbocycles. The minimum absolute atomic E-state index is 0.117. The molecule has 0 spiro atoms. The normalized spacial score (nSPS) is 17.4. The van der Waals surface area contributed by atoms with E-state index in [2.05, 4.69) is 63.7 Å². The molecule has 0 aromatic heterocycles. The molecule has 2 aliphatic rings. The Hall–Kier alpha value is -3.08. The number of hydrogen-bond acceptors (Lipinski definition) is 6. The number of nitrogens with zero attached hydrogens (tertiary/aromatic N) is 4. The van der Waals surface area contributed by atoms with E-state index in [1.807, 2.05) is 18.2 Å². The molecule has 2 aliphatic heterocycles. The van der Waals surface area contributed by atoms with Crippen LogP contribution in [0.2, 0.25) is 0 Å². The highest BCUT2D eigenvalue weighted by Crippen LogP contribution is 2.29. The highest BCUT2D eigenvalue weighted by atomic mass is 32.2. The van der Waals surface area contributed by atoms with E-state index in [0.29, 0.717) is 13.1 Å². The summed E-state index contributed by atoms with van der Waals surface area (Å²) in [7, 11) is 0. The van der Waals surface area contributed by atoms with Crippen LogP contribution in [0, 0.1) is 11.3 Å². The molecule has 7 heteroatoms. The molecule has 0 bridgehead atoms. The van der Waals surface area contributed by atoms with Crippen molar-refractivity contribution in [1.29, 1.82) is 5.26 Å². The Labute approximate surface area is 187 Å². The van der Waals surface area contributed by atoms with Crippen LogP contribution < -0.4 is 5.32 Å². The van der Waals surface area contributed by atoms with Crippen molar-refractivity contribution in [2.45, 2.75) is 6.04 Å². The van der Waals surface area contributed by atoms with Gasteiger partial charge in [0.05, 0.1) is 12.6 Å². The molecule has 1 saturated heterocycles. The van der Waals surface area contributed by atoms with Gasteiger partial charge in [-0.1, -0.05) is 72.4 Å². The number of benzene rings is 2. The van der Waals surface area contributed by atoms with E-state index >= 15 is 0 Å². The van der Waals surface area contributed by atoms with Gasteiger partial charge < -0.3 is 10.2 Å². The van der Waals surface area contributed by atoms with Gasteiger partial charge in [0.2, 0.25) is 0 Å². The molecule has 0 saturated carbocycles. The third-order valence-electron chi connectivity index (χ3n) is 5.47. The van der Waals surface area contributed by atoms with Crippen molar-refractivity contribution in [3.8, 4) is 6.07 Å². The van der Waals surface area contributed by atoms with Gasteiger partial charge in [0.15, 0.2) is 5.17 Å². The average Bonchev–Trinajstić information content (AvgIpc) is 3.35. The van der Waals surface area contributed by atoms with Crippen molar-refractivity contribution in [3.63, 3.8) is 0 Å². The zero-order chi connectivity index (χ0) is 21.5. The second-order valence-corrected chi connectivity index (χ2v) is 8.49. The summed E-state index contributed by atoms with van der Waals surface area (Å²) in [5.74, 6) is 0.701. The van der Waals surface area contributed by atoms with Crippen LogP contribution in [-0.4, -0.2) is 59.4 Å². The number of rotatable bonds is 5. The van der Waals surface area contributed by atoms with Crippen molar-refractivity contribution < 1.29 is 4.79 Å². The van der Waals surface area contributed by atoms with Crippen LogP contribution >= 0.6 is 11.8 Å². The predicted molar refractivity (Wildman–Crippen MR) is 124 cm³/mol. The van der Waals surface area contributed by atoms with Crippen molar-refractivity contribution in [2.24, 2.45) is 4.99 Å². The van der Waals surface area contributed by atoms with Crippen LogP contribution in [0.15, 0.2) is 77.4 Å². The maximum Gasteiger partial charge on any atom is 0.266 e. The van der Waals surface area contributed by atoms with E-state index < -0.39 is 0 Å². The lowest BCUT2D eigenvalue weighted by atomic mass is 9.96. The van der Waals surface area contributed by atoms with E-state index in [1.165, 1.54) is 17.3 Å². The Morgan fingerprint density at radius 2 is 1.65 bits per heavy atom. The Morgan fingerprint density at radius 1 is 1.03 bits per heavy atom. The summed E-state index contributed by atoms with van der Waals surface area (Å²) < 4.78 is 0. The fourth-order valence-electron chi connectivity index (χ4n) is 3.94. The standard InChI is InChI=1S/C24H25N5OS/c25-17-21(18-27-24-26-11-16-31-24)23(30)29-14-12-28(13-15-29)22(19-7-3-1-4-8-19)20-9-5-2-6-10-20/h1-10,18,22H,11-16H2,(H,26,27)/b21-18-. The fraction of sp³-hybridized carbons (Fsp3) is 0.292. The number of amidine groups is 1. The Bertz CT molecular complexity index is 952. The van der Waals surface area contributed by atoms with E-state index in [9.17, 15) is 10.1 Å². The topological polar surface area (TPSA) is 71.7 Å². The van der Waals surface area contributed by atoms with Crippen LogP contribution in [0.1, 0.15) is 17.2 Å². The molecule has 0 atom stereocenters. The third kappa shape index (κ3) is 5.16. The maximum absolute atomic E-state index is 12.9. The molecule has 6 nitrogen and oxygen atoms in total. The van der Waals surface area contributed by atoms with E-state index in [-0.39, 0.29) is 17.5 Å². The van der Waals surface area contributed by atoms with Crippen LogP contribution in [0.4, 0.5) is 0 Å². The Balaban J connectivity index is 1.44. The summed E-state index contributed by atoms with van der Waals surface area (Å²) >= 11 is 1.59. The molecule has 1 fully saturated rings. The first-order valence-corrected chi connectivity index (χ1v) is 11.4. The van der Waals surface area contributed by atoms with Gasteiger partial charge in [0.1, 0.15) is 11.6 Å². The fourth-order valence-corrected chi connectivity index (χ4v) is 4.64. The number of amides is 1. The minimum Gasteiger partial charge on any atom is -0.340 e. The lowest BCUT2D eigenvalue weighted by Crippen LogP contribution is -2.50. The Kier molecular flexibility index (Phi) is 7.03. The second kappa shape index (κ2) is 10.3. The first-order chi connectivity index (χ1) is 15.3. The molecule has 0 aliphatic carbocycles. The monoisotopic (exact) mass is 431 g/mol. The number of nitrogens with one attached hydrogen (secondary N) is 1. The number of aliphatic imine (C=N–C) groups is 1. The zero-order valence-corrected chi connectivity index (χ0v) is 18.1. The van der Waals surface area contributed by atoms with Gasteiger partial charge in [-0.25, -0.2) is 0 Å². The third-order valence-corrected chi connectivity index (χ3v) is 6.38. The quantitative estimate of drug-likeness (QED) is 0.582. The molecule has 0 radical (unpaired) electrons. The molecule has 2 aromatic rings. The molecular formula is C24H25N5OS. The highest BCUT2D eigenvalue weighted by Gasteiger charge is 2.29. The minimum atomic E-state index is -0.228. The first-order valence-electron chi connectivity index (χ1n) is 10.4. The summed E-state index contributed by atoms with van der Waals surface area (Å²) in [5, 5.41) is 13.2. The first kappa shape index (κ1) is 21.2.